The molecule has 1 aliphatic rings. The minimum atomic E-state index is -0.459. The molecule has 1 N–H and O–H groups in total. The van der Waals surface area contributed by atoms with E-state index in [-0.39, 0.29) is 10.8 Å². The number of hydrogen-bond donors (Lipinski definition) is 1. The van der Waals surface area contributed by atoms with Gasteiger partial charge in [0.15, 0.2) is 0 Å². The molecular formula is C18H26N2. The summed E-state index contributed by atoms with van der Waals surface area (Å²) in [6.07, 6.45) is 2.96. The van der Waals surface area contributed by atoms with Crippen LogP contribution in [-0.2, 0) is 0 Å². The number of hydrogen-bond acceptors (Lipinski definition) is 2. The van der Waals surface area contributed by atoms with Crippen molar-refractivity contribution in [1.29, 1.82) is 5.26 Å². The molecule has 108 valence electrons. The molecule has 0 atom stereocenters. The van der Waals surface area contributed by atoms with Gasteiger partial charge >= 0.3 is 0 Å². The van der Waals surface area contributed by atoms with E-state index in [1.54, 1.807) is 0 Å². The summed E-state index contributed by atoms with van der Waals surface area (Å²) in [4.78, 5) is 0. The van der Waals surface area contributed by atoms with Crippen molar-refractivity contribution in [2.24, 2.45) is 10.8 Å². The van der Waals surface area contributed by atoms with Crippen molar-refractivity contribution in [2.75, 3.05) is 5.32 Å². The lowest BCUT2D eigenvalue weighted by Gasteiger charge is -2.49. The Balaban J connectivity index is 2.32. The lowest BCUT2D eigenvalue weighted by molar-refractivity contribution is 0.0811. The molecule has 2 heteroatoms. The van der Waals surface area contributed by atoms with Crippen LogP contribution in [0.1, 0.15) is 52.5 Å². The standard InChI is InChI=1S/C18H26N2/c1-14-7-6-8-15(9-14)20-18(13-19)11-16(2,3)10-17(4,5)12-18/h6-9,20H,10-12H2,1-5H3. The molecule has 2 nitrogen and oxygen atoms in total. The van der Waals surface area contributed by atoms with Gasteiger partial charge in [0.2, 0.25) is 0 Å². The Kier molecular flexibility index (Phi) is 3.58. The van der Waals surface area contributed by atoms with Gasteiger partial charge in [-0.25, -0.2) is 0 Å². The minimum absolute atomic E-state index is 0.189. The van der Waals surface area contributed by atoms with Crippen LogP contribution in [0.25, 0.3) is 0 Å². The van der Waals surface area contributed by atoms with E-state index in [4.69, 9.17) is 0 Å². The lowest BCUT2D eigenvalue weighted by atomic mass is 9.58. The van der Waals surface area contributed by atoms with Crippen LogP contribution < -0.4 is 5.32 Å². The smallest absolute Gasteiger partial charge is 0.126 e. The molecule has 0 radical (unpaired) electrons. The summed E-state index contributed by atoms with van der Waals surface area (Å²) in [6, 6.07) is 10.9. The third-order valence-electron chi connectivity index (χ3n) is 4.13. The van der Waals surface area contributed by atoms with Gasteiger partial charge in [-0.1, -0.05) is 39.8 Å². The molecule has 1 fully saturated rings. The number of anilines is 1. The van der Waals surface area contributed by atoms with Crippen molar-refractivity contribution in [3.63, 3.8) is 0 Å². The first kappa shape index (κ1) is 14.9. The molecule has 0 heterocycles. The number of nitriles is 1. The molecule has 0 unspecified atom stereocenters. The van der Waals surface area contributed by atoms with E-state index in [1.807, 2.05) is 6.07 Å². The first-order valence-electron chi connectivity index (χ1n) is 7.42. The highest BCUT2D eigenvalue weighted by Crippen LogP contribution is 2.50. The summed E-state index contributed by atoms with van der Waals surface area (Å²) >= 11 is 0. The number of benzene rings is 1. The van der Waals surface area contributed by atoms with Gasteiger partial charge in [0.25, 0.3) is 0 Å². The molecule has 1 aromatic rings. The van der Waals surface area contributed by atoms with Gasteiger partial charge in [0, 0.05) is 5.69 Å². The van der Waals surface area contributed by atoms with Gasteiger partial charge in [0.1, 0.15) is 5.54 Å². The van der Waals surface area contributed by atoms with Crippen LogP contribution in [0.3, 0.4) is 0 Å². The zero-order valence-electron chi connectivity index (χ0n) is 13.4. The maximum atomic E-state index is 9.82. The Bertz CT molecular complexity index is 519. The highest BCUT2D eigenvalue weighted by Gasteiger charge is 2.47. The second-order valence-corrected chi connectivity index (χ2v) is 8.05. The minimum Gasteiger partial charge on any atom is -0.367 e. The summed E-state index contributed by atoms with van der Waals surface area (Å²) < 4.78 is 0. The van der Waals surface area contributed by atoms with Crippen LogP contribution in [-0.4, -0.2) is 5.54 Å². The normalized spacial score (nSPS) is 22.8. The maximum Gasteiger partial charge on any atom is 0.126 e. The van der Waals surface area contributed by atoms with E-state index in [0.717, 1.165) is 18.5 Å². The van der Waals surface area contributed by atoms with Crippen molar-refractivity contribution in [1.82, 2.24) is 0 Å². The fraction of sp³-hybridized carbons (Fsp3) is 0.611. The molecule has 20 heavy (non-hydrogen) atoms. The molecule has 1 aliphatic carbocycles. The van der Waals surface area contributed by atoms with Crippen molar-refractivity contribution in [3.8, 4) is 6.07 Å². The topological polar surface area (TPSA) is 35.8 Å². The van der Waals surface area contributed by atoms with Gasteiger partial charge in [-0.05, 0) is 54.7 Å². The molecule has 2 rings (SSSR count). The van der Waals surface area contributed by atoms with Crippen LogP contribution in [0.2, 0.25) is 0 Å². The van der Waals surface area contributed by atoms with Crippen LogP contribution >= 0.6 is 0 Å². The fourth-order valence-corrected chi connectivity index (χ4v) is 4.31. The predicted molar refractivity (Wildman–Crippen MR) is 84.6 cm³/mol. The number of nitrogens with zero attached hydrogens (tertiary/aromatic N) is 1. The second kappa shape index (κ2) is 4.81. The molecule has 0 saturated heterocycles. The lowest BCUT2D eigenvalue weighted by Crippen LogP contribution is -2.50. The number of nitrogens with one attached hydrogen (secondary N) is 1. The number of rotatable bonds is 2. The zero-order valence-corrected chi connectivity index (χ0v) is 13.4. The number of aryl methyl sites for hydroxylation is 1. The molecule has 0 spiro atoms. The van der Waals surface area contributed by atoms with Crippen molar-refractivity contribution < 1.29 is 0 Å². The molecule has 0 amide bonds. The highest BCUT2D eigenvalue weighted by atomic mass is 15.0. The second-order valence-electron chi connectivity index (χ2n) is 8.05. The van der Waals surface area contributed by atoms with Gasteiger partial charge in [0.05, 0.1) is 6.07 Å². The predicted octanol–water partition coefficient (Wildman–Crippen LogP) is 4.91. The van der Waals surface area contributed by atoms with Crippen LogP contribution in [0.4, 0.5) is 5.69 Å². The van der Waals surface area contributed by atoms with Crippen LogP contribution in [0.5, 0.6) is 0 Å². The Morgan fingerprint density at radius 1 is 1.05 bits per heavy atom. The maximum absolute atomic E-state index is 9.82. The van der Waals surface area contributed by atoms with Crippen molar-refractivity contribution in [2.45, 2.75) is 59.4 Å². The van der Waals surface area contributed by atoms with E-state index in [0.29, 0.717) is 0 Å². The first-order chi connectivity index (χ1) is 9.15. The van der Waals surface area contributed by atoms with E-state index in [9.17, 15) is 5.26 Å². The largest absolute Gasteiger partial charge is 0.367 e. The summed E-state index contributed by atoms with van der Waals surface area (Å²) in [6.45, 7) is 11.2. The molecule has 0 aromatic heterocycles. The summed E-state index contributed by atoms with van der Waals surface area (Å²) in [5.74, 6) is 0. The Labute approximate surface area is 123 Å². The monoisotopic (exact) mass is 270 g/mol. The highest BCUT2D eigenvalue weighted by molar-refractivity contribution is 5.50. The summed E-state index contributed by atoms with van der Waals surface area (Å²) in [5.41, 5.74) is 2.19. The summed E-state index contributed by atoms with van der Waals surface area (Å²) in [5, 5.41) is 13.4. The van der Waals surface area contributed by atoms with Crippen molar-refractivity contribution >= 4 is 5.69 Å². The average molecular weight is 270 g/mol. The van der Waals surface area contributed by atoms with Crippen LogP contribution in [0.15, 0.2) is 24.3 Å². The quantitative estimate of drug-likeness (QED) is 0.829. The van der Waals surface area contributed by atoms with E-state index < -0.39 is 5.54 Å². The fourth-order valence-electron chi connectivity index (χ4n) is 4.31. The Hall–Kier alpha value is -1.49. The van der Waals surface area contributed by atoms with Gasteiger partial charge < -0.3 is 5.32 Å². The first-order valence-corrected chi connectivity index (χ1v) is 7.42. The molecule has 1 aromatic carbocycles. The van der Waals surface area contributed by atoms with Gasteiger partial charge in [-0.2, -0.15) is 5.26 Å². The SMILES string of the molecule is Cc1cccc(NC2(C#N)CC(C)(C)CC(C)(C)C2)c1. The van der Waals surface area contributed by atoms with Gasteiger partial charge in [-0.3, -0.25) is 0 Å². The van der Waals surface area contributed by atoms with Crippen molar-refractivity contribution in [3.05, 3.63) is 29.8 Å². The molecule has 1 saturated carbocycles. The third-order valence-corrected chi connectivity index (χ3v) is 4.13. The molecule has 0 aliphatic heterocycles. The Morgan fingerprint density at radius 2 is 1.65 bits per heavy atom. The summed E-state index contributed by atoms with van der Waals surface area (Å²) in [7, 11) is 0. The molecular weight excluding hydrogens is 244 g/mol. The van der Waals surface area contributed by atoms with E-state index in [2.05, 4.69) is 64.2 Å². The zero-order chi connectivity index (χ0) is 15.0. The molecule has 0 bridgehead atoms. The Morgan fingerprint density at radius 3 is 2.15 bits per heavy atom. The van der Waals surface area contributed by atoms with Gasteiger partial charge in [-0.15, -0.1) is 0 Å². The third kappa shape index (κ3) is 3.33. The average Bonchev–Trinajstić information content (AvgIpc) is 2.24. The van der Waals surface area contributed by atoms with Crippen LogP contribution in [0, 0.1) is 29.1 Å². The van der Waals surface area contributed by atoms with E-state index >= 15 is 0 Å². The van der Waals surface area contributed by atoms with E-state index in [1.165, 1.54) is 12.0 Å².